The molecule has 3 aromatic heterocycles. The van der Waals surface area contributed by atoms with Gasteiger partial charge in [0.05, 0.1) is 31.0 Å². The number of rotatable bonds is 3. The molecule has 0 amide bonds. The summed E-state index contributed by atoms with van der Waals surface area (Å²) in [6, 6.07) is 5.91. The van der Waals surface area contributed by atoms with Crippen LogP contribution in [-0.2, 0) is 26.7 Å². The van der Waals surface area contributed by atoms with E-state index in [1.165, 1.54) is 11.3 Å². The summed E-state index contributed by atoms with van der Waals surface area (Å²) in [6.45, 7) is 2.44. The van der Waals surface area contributed by atoms with Crippen molar-refractivity contribution in [2.45, 2.75) is 19.6 Å². The second-order valence-corrected chi connectivity index (χ2v) is 5.26. The van der Waals surface area contributed by atoms with Crippen molar-refractivity contribution in [2.75, 3.05) is 4.90 Å². The van der Waals surface area contributed by atoms with Crippen molar-refractivity contribution >= 4 is 5.95 Å². The van der Waals surface area contributed by atoms with Crippen molar-refractivity contribution in [1.82, 2.24) is 24.3 Å². The fourth-order valence-corrected chi connectivity index (χ4v) is 2.84. The van der Waals surface area contributed by atoms with Crippen LogP contribution in [0.25, 0.3) is 0 Å². The molecule has 0 fully saturated rings. The summed E-state index contributed by atoms with van der Waals surface area (Å²) in [5.74, 6) is 0.778. The van der Waals surface area contributed by atoms with Crippen LogP contribution in [0.4, 0.5) is 5.95 Å². The quantitative estimate of drug-likeness (QED) is 0.731. The minimum absolute atomic E-state index is 0.778. The number of hydrogen-bond acceptors (Lipinski definition) is 4. The number of nitrogens with zero attached hydrogens (tertiary/aromatic N) is 6. The Morgan fingerprint density at radius 3 is 2.57 bits per heavy atom. The Morgan fingerprint density at radius 2 is 1.81 bits per heavy atom. The zero-order valence-electron chi connectivity index (χ0n) is 11.8. The van der Waals surface area contributed by atoms with Gasteiger partial charge in [-0.25, -0.2) is 9.97 Å². The highest BCUT2D eigenvalue weighted by atomic mass is 15.3. The molecule has 0 aromatic carbocycles. The predicted octanol–water partition coefficient (Wildman–Crippen LogP) is 1.58. The van der Waals surface area contributed by atoms with E-state index in [1.54, 1.807) is 12.4 Å². The lowest BCUT2D eigenvalue weighted by molar-refractivity contribution is 0.663. The standard InChI is InChI=1S/C15H16N6/c1-19-14-11-21(15-16-5-4-6-17-15)9-12(14)13(18-19)10-20-7-2-3-8-20/h2-8H,9-11H2,1H3. The molecular weight excluding hydrogens is 264 g/mol. The molecule has 3 aromatic rings. The summed E-state index contributed by atoms with van der Waals surface area (Å²) in [4.78, 5) is 10.9. The molecule has 4 heterocycles. The van der Waals surface area contributed by atoms with Crippen LogP contribution >= 0.6 is 0 Å². The highest BCUT2D eigenvalue weighted by Crippen LogP contribution is 2.28. The molecule has 21 heavy (non-hydrogen) atoms. The Labute approximate surface area is 122 Å². The van der Waals surface area contributed by atoms with Gasteiger partial charge in [0.1, 0.15) is 0 Å². The van der Waals surface area contributed by atoms with Crippen molar-refractivity contribution in [2.24, 2.45) is 7.05 Å². The molecule has 6 nitrogen and oxygen atoms in total. The van der Waals surface area contributed by atoms with E-state index >= 15 is 0 Å². The van der Waals surface area contributed by atoms with Gasteiger partial charge in [0.2, 0.25) is 5.95 Å². The van der Waals surface area contributed by atoms with E-state index in [0.717, 1.165) is 31.3 Å². The van der Waals surface area contributed by atoms with Crippen LogP contribution in [0.3, 0.4) is 0 Å². The van der Waals surface area contributed by atoms with E-state index in [9.17, 15) is 0 Å². The third-order valence-corrected chi connectivity index (χ3v) is 3.88. The topological polar surface area (TPSA) is 51.8 Å². The SMILES string of the molecule is Cn1nc(Cn2cccc2)c2c1CN(c1ncccn1)C2. The molecule has 0 unspecified atom stereocenters. The molecule has 1 aliphatic rings. The van der Waals surface area contributed by atoms with Gasteiger partial charge in [-0.15, -0.1) is 0 Å². The van der Waals surface area contributed by atoms with Crippen molar-refractivity contribution in [3.05, 3.63) is 59.9 Å². The van der Waals surface area contributed by atoms with Crippen LogP contribution in [0.2, 0.25) is 0 Å². The first-order chi connectivity index (χ1) is 10.3. The molecule has 0 atom stereocenters. The van der Waals surface area contributed by atoms with Crippen LogP contribution in [0, 0.1) is 0 Å². The summed E-state index contributed by atoms with van der Waals surface area (Å²) < 4.78 is 4.13. The van der Waals surface area contributed by atoms with E-state index in [1.807, 2.05) is 29.9 Å². The van der Waals surface area contributed by atoms with Crippen LogP contribution in [0.1, 0.15) is 17.0 Å². The Kier molecular flexibility index (Phi) is 2.73. The van der Waals surface area contributed by atoms with Crippen molar-refractivity contribution in [3.8, 4) is 0 Å². The zero-order chi connectivity index (χ0) is 14.2. The molecule has 4 rings (SSSR count). The number of anilines is 1. The van der Waals surface area contributed by atoms with Gasteiger partial charge in [0, 0.05) is 37.4 Å². The molecule has 0 saturated heterocycles. The van der Waals surface area contributed by atoms with E-state index in [4.69, 9.17) is 0 Å². The third-order valence-electron chi connectivity index (χ3n) is 3.88. The van der Waals surface area contributed by atoms with Crippen molar-refractivity contribution in [1.29, 1.82) is 0 Å². The molecule has 0 N–H and O–H groups in total. The number of fused-ring (bicyclic) bond motifs is 1. The molecule has 106 valence electrons. The maximum absolute atomic E-state index is 4.66. The largest absolute Gasteiger partial charge is 0.348 e. The lowest BCUT2D eigenvalue weighted by Gasteiger charge is -2.15. The average Bonchev–Trinajstić information content (AvgIpc) is 3.21. The second kappa shape index (κ2) is 4.73. The fourth-order valence-electron chi connectivity index (χ4n) is 2.84. The normalized spacial score (nSPS) is 13.7. The van der Waals surface area contributed by atoms with Gasteiger partial charge in [-0.05, 0) is 18.2 Å². The van der Waals surface area contributed by atoms with Gasteiger partial charge in [-0.2, -0.15) is 5.10 Å². The fraction of sp³-hybridized carbons (Fsp3) is 0.267. The third kappa shape index (κ3) is 2.08. The lowest BCUT2D eigenvalue weighted by Crippen LogP contribution is -2.19. The van der Waals surface area contributed by atoms with Crippen LogP contribution in [-0.4, -0.2) is 24.3 Å². The molecule has 0 spiro atoms. The maximum Gasteiger partial charge on any atom is 0.225 e. The molecule has 6 heteroatoms. The lowest BCUT2D eigenvalue weighted by atomic mass is 10.2. The van der Waals surface area contributed by atoms with Gasteiger partial charge < -0.3 is 9.47 Å². The number of hydrogen-bond donors (Lipinski definition) is 0. The Morgan fingerprint density at radius 1 is 1.05 bits per heavy atom. The zero-order valence-corrected chi connectivity index (χ0v) is 11.8. The van der Waals surface area contributed by atoms with Crippen LogP contribution in [0.5, 0.6) is 0 Å². The number of aromatic nitrogens is 5. The van der Waals surface area contributed by atoms with Gasteiger partial charge >= 0.3 is 0 Å². The highest BCUT2D eigenvalue weighted by Gasteiger charge is 2.28. The monoisotopic (exact) mass is 280 g/mol. The molecule has 0 aliphatic carbocycles. The number of aryl methyl sites for hydroxylation is 1. The van der Waals surface area contributed by atoms with E-state index in [2.05, 4.69) is 36.9 Å². The molecule has 1 aliphatic heterocycles. The Balaban J connectivity index is 1.63. The van der Waals surface area contributed by atoms with Crippen LogP contribution < -0.4 is 4.90 Å². The second-order valence-electron chi connectivity index (χ2n) is 5.26. The van der Waals surface area contributed by atoms with Crippen LogP contribution in [0.15, 0.2) is 43.0 Å². The predicted molar refractivity (Wildman–Crippen MR) is 78.7 cm³/mol. The minimum atomic E-state index is 0.778. The highest BCUT2D eigenvalue weighted by molar-refractivity contribution is 5.42. The van der Waals surface area contributed by atoms with Gasteiger partial charge in [-0.3, -0.25) is 4.68 Å². The first-order valence-electron chi connectivity index (χ1n) is 6.97. The Bertz CT molecular complexity index is 744. The molecular formula is C15H16N6. The average molecular weight is 280 g/mol. The summed E-state index contributed by atoms with van der Waals surface area (Å²) in [5, 5.41) is 4.66. The summed E-state index contributed by atoms with van der Waals surface area (Å²) in [7, 11) is 2.01. The summed E-state index contributed by atoms with van der Waals surface area (Å²) >= 11 is 0. The first-order valence-corrected chi connectivity index (χ1v) is 6.97. The molecule has 0 radical (unpaired) electrons. The first kappa shape index (κ1) is 12.1. The van der Waals surface area contributed by atoms with E-state index < -0.39 is 0 Å². The van der Waals surface area contributed by atoms with Gasteiger partial charge in [0.25, 0.3) is 0 Å². The van der Waals surface area contributed by atoms with Crippen molar-refractivity contribution < 1.29 is 0 Å². The molecule has 0 saturated carbocycles. The smallest absolute Gasteiger partial charge is 0.225 e. The Hall–Kier alpha value is -2.63. The minimum Gasteiger partial charge on any atom is -0.348 e. The van der Waals surface area contributed by atoms with Gasteiger partial charge in [0.15, 0.2) is 0 Å². The molecule has 0 bridgehead atoms. The maximum atomic E-state index is 4.66. The summed E-state index contributed by atoms with van der Waals surface area (Å²) in [5.41, 5.74) is 3.69. The van der Waals surface area contributed by atoms with E-state index in [-0.39, 0.29) is 0 Å². The van der Waals surface area contributed by atoms with Gasteiger partial charge in [-0.1, -0.05) is 0 Å². The summed E-state index contributed by atoms with van der Waals surface area (Å²) in [6.07, 6.45) is 7.69. The van der Waals surface area contributed by atoms with E-state index in [0.29, 0.717) is 0 Å². The van der Waals surface area contributed by atoms with Crippen molar-refractivity contribution in [3.63, 3.8) is 0 Å².